The fourth-order valence-electron chi connectivity index (χ4n) is 3.41. The number of fused-ring (bicyclic) bond motifs is 2. The fraction of sp³-hybridized carbons (Fsp3) is 0.727. The summed E-state index contributed by atoms with van der Waals surface area (Å²) in [7, 11) is 0. The quantitative estimate of drug-likeness (QED) is 0.474. The molecule has 5 heteroatoms. The maximum Gasteiger partial charge on any atom is 0.318 e. The second-order valence-corrected chi connectivity index (χ2v) is 5.77. The summed E-state index contributed by atoms with van der Waals surface area (Å²) in [6.07, 6.45) is 0.744. The maximum absolute atomic E-state index is 12.0. The van der Waals surface area contributed by atoms with Crippen LogP contribution in [-0.4, -0.2) is 28.0 Å². The van der Waals surface area contributed by atoms with E-state index in [0.717, 1.165) is 0 Å². The molecule has 0 radical (unpaired) electrons. The third kappa shape index (κ3) is 0.826. The first kappa shape index (κ1) is 11.8. The Balaban J connectivity index is 2.72. The van der Waals surface area contributed by atoms with Crippen LogP contribution in [0.1, 0.15) is 26.7 Å². The number of carbonyl (C=O) groups is 3. The number of aliphatic carboxylic acids is 1. The van der Waals surface area contributed by atoms with Crippen molar-refractivity contribution in [2.75, 3.05) is 5.33 Å². The minimum Gasteiger partial charge on any atom is -0.480 e. The number of rotatable bonds is 2. The lowest BCUT2D eigenvalue weighted by Gasteiger charge is -2.36. The van der Waals surface area contributed by atoms with Gasteiger partial charge in [-0.05, 0) is 12.8 Å². The minimum absolute atomic E-state index is 0.269. The highest BCUT2D eigenvalue weighted by Crippen LogP contribution is 2.69. The van der Waals surface area contributed by atoms with E-state index >= 15 is 0 Å². The molecule has 2 saturated carbocycles. The van der Waals surface area contributed by atoms with E-state index in [2.05, 4.69) is 15.9 Å². The van der Waals surface area contributed by atoms with Gasteiger partial charge < -0.3 is 5.11 Å². The molecule has 2 unspecified atom stereocenters. The smallest absolute Gasteiger partial charge is 0.318 e. The van der Waals surface area contributed by atoms with Crippen molar-refractivity contribution < 1.29 is 19.5 Å². The standard InChI is InChI=1S/C11H13BrO4/c1-9(2)10(5-12)3-4-11(9,8(15)16)7(14)6(10)13/h3-5H2,1-2H3,(H,15,16). The highest BCUT2D eigenvalue weighted by molar-refractivity contribution is 9.09. The van der Waals surface area contributed by atoms with Gasteiger partial charge in [-0.1, -0.05) is 29.8 Å². The van der Waals surface area contributed by atoms with Crippen LogP contribution in [0.5, 0.6) is 0 Å². The van der Waals surface area contributed by atoms with Crippen LogP contribution in [0.4, 0.5) is 0 Å². The van der Waals surface area contributed by atoms with E-state index in [4.69, 9.17) is 0 Å². The molecule has 0 aromatic heterocycles. The molecular weight excluding hydrogens is 276 g/mol. The molecule has 0 aromatic carbocycles. The first-order valence-electron chi connectivity index (χ1n) is 5.16. The third-order valence-corrected chi connectivity index (χ3v) is 5.77. The van der Waals surface area contributed by atoms with Crippen LogP contribution in [0, 0.1) is 16.2 Å². The van der Waals surface area contributed by atoms with Gasteiger partial charge in [-0.15, -0.1) is 0 Å². The summed E-state index contributed by atoms with van der Waals surface area (Å²) in [6, 6.07) is 0. The third-order valence-electron chi connectivity index (χ3n) is 4.81. The lowest BCUT2D eigenvalue weighted by Crippen LogP contribution is -2.44. The number of hydrogen-bond acceptors (Lipinski definition) is 3. The number of carboxylic acids is 1. The second-order valence-electron chi connectivity index (χ2n) is 5.21. The van der Waals surface area contributed by atoms with Crippen molar-refractivity contribution in [2.45, 2.75) is 26.7 Å². The van der Waals surface area contributed by atoms with E-state index < -0.39 is 33.8 Å². The minimum atomic E-state index is -1.50. The number of halogens is 1. The fourth-order valence-corrected chi connectivity index (χ4v) is 4.64. The zero-order valence-electron chi connectivity index (χ0n) is 9.17. The van der Waals surface area contributed by atoms with Crippen molar-refractivity contribution in [3.63, 3.8) is 0 Å². The van der Waals surface area contributed by atoms with Gasteiger partial charge in [-0.2, -0.15) is 0 Å². The highest BCUT2D eigenvalue weighted by Gasteiger charge is 2.79. The lowest BCUT2D eigenvalue weighted by atomic mass is 9.65. The van der Waals surface area contributed by atoms with Crippen molar-refractivity contribution in [3.05, 3.63) is 0 Å². The molecule has 0 amide bonds. The molecule has 2 atom stereocenters. The monoisotopic (exact) mass is 288 g/mol. The number of hydrogen-bond donors (Lipinski definition) is 1. The van der Waals surface area contributed by atoms with Crippen LogP contribution in [0.15, 0.2) is 0 Å². The molecule has 0 saturated heterocycles. The van der Waals surface area contributed by atoms with Crippen LogP contribution in [0.25, 0.3) is 0 Å². The Morgan fingerprint density at radius 1 is 1.31 bits per heavy atom. The summed E-state index contributed by atoms with van der Waals surface area (Å²) in [5.74, 6) is -2.38. The van der Waals surface area contributed by atoms with Gasteiger partial charge in [0, 0.05) is 10.7 Å². The number of ketones is 2. The Hall–Kier alpha value is -0.710. The van der Waals surface area contributed by atoms with Crippen molar-refractivity contribution in [3.8, 4) is 0 Å². The Morgan fingerprint density at radius 3 is 2.19 bits per heavy atom. The van der Waals surface area contributed by atoms with Crippen LogP contribution >= 0.6 is 15.9 Å². The van der Waals surface area contributed by atoms with Crippen LogP contribution < -0.4 is 0 Å². The van der Waals surface area contributed by atoms with Gasteiger partial charge in [-0.3, -0.25) is 14.4 Å². The van der Waals surface area contributed by atoms with E-state index in [9.17, 15) is 19.5 Å². The number of carbonyl (C=O) groups excluding carboxylic acids is 2. The van der Waals surface area contributed by atoms with Crippen LogP contribution in [0.3, 0.4) is 0 Å². The van der Waals surface area contributed by atoms with Crippen LogP contribution in [0.2, 0.25) is 0 Å². The molecule has 4 nitrogen and oxygen atoms in total. The molecule has 2 fully saturated rings. The van der Waals surface area contributed by atoms with Gasteiger partial charge in [0.05, 0.1) is 5.41 Å². The Bertz CT molecular complexity index is 414. The highest BCUT2D eigenvalue weighted by atomic mass is 79.9. The van der Waals surface area contributed by atoms with E-state index in [1.807, 2.05) is 0 Å². The van der Waals surface area contributed by atoms with Gasteiger partial charge in [0.1, 0.15) is 5.41 Å². The molecule has 2 aliphatic carbocycles. The molecule has 0 spiro atoms. The molecular formula is C11H13BrO4. The Morgan fingerprint density at radius 2 is 1.88 bits per heavy atom. The Kier molecular flexibility index (Phi) is 2.16. The van der Waals surface area contributed by atoms with E-state index in [1.54, 1.807) is 13.8 Å². The SMILES string of the molecule is CC1(C)C2(CBr)CCC1(C(=O)O)C(=O)C2=O. The van der Waals surface area contributed by atoms with Crippen molar-refractivity contribution in [1.29, 1.82) is 0 Å². The summed E-state index contributed by atoms with van der Waals surface area (Å²) >= 11 is 3.27. The molecule has 2 aliphatic rings. The zero-order chi connectivity index (χ0) is 12.4. The van der Waals surface area contributed by atoms with Gasteiger partial charge in [-0.25, -0.2) is 0 Å². The number of Topliss-reactive ketones (excluding diaryl/α,β-unsaturated/α-hetero) is 2. The molecule has 88 valence electrons. The van der Waals surface area contributed by atoms with Gasteiger partial charge in [0.25, 0.3) is 0 Å². The first-order valence-corrected chi connectivity index (χ1v) is 6.29. The summed E-state index contributed by atoms with van der Waals surface area (Å²) < 4.78 is 0. The zero-order valence-corrected chi connectivity index (χ0v) is 10.8. The Labute approximate surface area is 102 Å². The van der Waals surface area contributed by atoms with Crippen molar-refractivity contribution >= 4 is 33.5 Å². The lowest BCUT2D eigenvalue weighted by molar-refractivity contribution is -0.160. The maximum atomic E-state index is 12.0. The average Bonchev–Trinajstić information content (AvgIpc) is 2.51. The summed E-state index contributed by atoms with van der Waals surface area (Å²) in [5, 5.41) is 9.69. The number of carboxylic acid groups (broad SMARTS) is 1. The average molecular weight is 289 g/mol. The topological polar surface area (TPSA) is 71.4 Å². The summed E-state index contributed by atoms with van der Waals surface area (Å²) in [4.78, 5) is 35.4. The first-order chi connectivity index (χ1) is 7.28. The second kappa shape index (κ2) is 2.94. The summed E-state index contributed by atoms with van der Waals surface area (Å²) in [6.45, 7) is 3.44. The summed E-state index contributed by atoms with van der Waals surface area (Å²) in [5.41, 5.74) is -3.15. The van der Waals surface area contributed by atoms with Gasteiger partial charge >= 0.3 is 5.97 Å². The molecule has 0 aliphatic heterocycles. The van der Waals surface area contributed by atoms with E-state index in [-0.39, 0.29) is 6.42 Å². The van der Waals surface area contributed by atoms with E-state index in [1.165, 1.54) is 0 Å². The molecule has 2 bridgehead atoms. The van der Waals surface area contributed by atoms with Gasteiger partial charge in [0.2, 0.25) is 11.6 Å². The largest absolute Gasteiger partial charge is 0.480 e. The molecule has 0 heterocycles. The number of alkyl halides is 1. The predicted molar refractivity (Wildman–Crippen MR) is 59.3 cm³/mol. The van der Waals surface area contributed by atoms with Crippen molar-refractivity contribution in [1.82, 2.24) is 0 Å². The molecule has 16 heavy (non-hydrogen) atoms. The molecule has 0 aromatic rings. The molecule has 1 N–H and O–H groups in total. The van der Waals surface area contributed by atoms with Gasteiger partial charge in [0.15, 0.2) is 0 Å². The van der Waals surface area contributed by atoms with Crippen molar-refractivity contribution in [2.24, 2.45) is 16.2 Å². The predicted octanol–water partition coefficient (Wildman–Crippen LogP) is 1.41. The molecule has 2 rings (SSSR count). The van der Waals surface area contributed by atoms with Crippen LogP contribution in [-0.2, 0) is 14.4 Å². The van der Waals surface area contributed by atoms with E-state index in [0.29, 0.717) is 11.8 Å². The normalized spacial score (nSPS) is 40.4.